The highest BCUT2D eigenvalue weighted by molar-refractivity contribution is 5.90. The summed E-state index contributed by atoms with van der Waals surface area (Å²) in [4.78, 5) is 4.35. The van der Waals surface area contributed by atoms with Crippen molar-refractivity contribution in [2.24, 2.45) is 10.9 Å². The lowest BCUT2D eigenvalue weighted by Gasteiger charge is -2.28. The molecular weight excluding hydrogens is 314 g/mol. The maximum Gasteiger partial charge on any atom is 0.204 e. The summed E-state index contributed by atoms with van der Waals surface area (Å²) < 4.78 is 16.3. The molecule has 3 rings (SSSR count). The van der Waals surface area contributed by atoms with Crippen LogP contribution in [-0.4, -0.2) is 46.6 Å². The highest BCUT2D eigenvalue weighted by atomic mass is 16.5. The Balaban J connectivity index is 1.88. The molecule has 0 spiro atoms. The molecule has 7 heteroatoms. The fourth-order valence-electron chi connectivity index (χ4n) is 2.68. The molecule has 3 atom stereocenters. The molecule has 0 amide bonds. The van der Waals surface area contributed by atoms with E-state index in [1.807, 2.05) is 6.08 Å². The Labute approximate surface area is 139 Å². The highest BCUT2D eigenvalue weighted by Crippen LogP contribution is 2.48. The molecule has 0 aromatic heterocycles. The van der Waals surface area contributed by atoms with Crippen LogP contribution in [0.5, 0.6) is 11.5 Å². The van der Waals surface area contributed by atoms with Gasteiger partial charge in [0.15, 0.2) is 11.5 Å². The van der Waals surface area contributed by atoms with Crippen molar-refractivity contribution in [1.29, 1.82) is 0 Å². The number of rotatable bonds is 5. The quantitative estimate of drug-likeness (QED) is 0.758. The first-order valence-corrected chi connectivity index (χ1v) is 7.66. The average Bonchev–Trinajstić information content (AvgIpc) is 2.99. The number of hydrogen-bond donors (Lipinski definition) is 3. The highest BCUT2D eigenvalue weighted by Gasteiger charge is 2.37. The minimum absolute atomic E-state index is 0.120. The molecule has 0 fully saturated rings. The van der Waals surface area contributed by atoms with E-state index in [2.05, 4.69) is 4.99 Å². The predicted octanol–water partition coefficient (Wildman–Crippen LogP) is 1.79. The minimum Gasteiger partial charge on any atom is -0.503 e. The van der Waals surface area contributed by atoms with Crippen LogP contribution in [0.3, 0.4) is 0 Å². The largest absolute Gasteiger partial charge is 0.503 e. The molecule has 2 heterocycles. The first-order chi connectivity index (χ1) is 11.3. The Kier molecular flexibility index (Phi) is 4.25. The van der Waals surface area contributed by atoms with Gasteiger partial charge in [-0.15, -0.1) is 0 Å². The number of aliphatic hydroxyl groups excluding tert-OH is 1. The van der Waals surface area contributed by atoms with Gasteiger partial charge in [0.25, 0.3) is 0 Å². The van der Waals surface area contributed by atoms with Gasteiger partial charge in [-0.2, -0.15) is 0 Å². The Bertz CT molecular complexity index is 691. The Morgan fingerprint density at radius 1 is 1.38 bits per heavy atom. The Morgan fingerprint density at radius 3 is 2.79 bits per heavy atom. The summed E-state index contributed by atoms with van der Waals surface area (Å²) >= 11 is 0. The van der Waals surface area contributed by atoms with Gasteiger partial charge in [0, 0.05) is 12.7 Å². The van der Waals surface area contributed by atoms with Crippen LogP contribution in [0.4, 0.5) is 5.69 Å². The number of benzene rings is 1. The molecule has 130 valence electrons. The normalized spacial score (nSPS) is 23.1. The molecule has 0 radical (unpaired) electrons. The van der Waals surface area contributed by atoms with Gasteiger partial charge >= 0.3 is 0 Å². The van der Waals surface area contributed by atoms with Gasteiger partial charge in [0.1, 0.15) is 18.4 Å². The number of hydrogen-bond acceptors (Lipinski definition) is 7. The predicted molar refractivity (Wildman–Crippen MR) is 86.5 cm³/mol. The fourth-order valence-corrected chi connectivity index (χ4v) is 2.68. The van der Waals surface area contributed by atoms with Crippen molar-refractivity contribution in [3.63, 3.8) is 0 Å². The third kappa shape index (κ3) is 2.86. The number of phenolic OH excluding ortho intramolecular Hbond substituents is 1. The number of fused-ring (bicyclic) bond motifs is 2. The molecule has 0 bridgehead atoms. The summed E-state index contributed by atoms with van der Waals surface area (Å²) in [5, 5.41) is 30.1. The Hall–Kier alpha value is -2.09. The number of phenols is 1. The van der Waals surface area contributed by atoms with Gasteiger partial charge in [0.05, 0.1) is 23.9 Å². The molecule has 2 aliphatic rings. The molecule has 3 unspecified atom stereocenters. The Morgan fingerprint density at radius 2 is 2.12 bits per heavy atom. The summed E-state index contributed by atoms with van der Waals surface area (Å²) in [5.41, 5.74) is -0.247. The van der Waals surface area contributed by atoms with Crippen molar-refractivity contribution < 1.29 is 29.5 Å². The van der Waals surface area contributed by atoms with Crippen molar-refractivity contribution in [3.8, 4) is 11.5 Å². The van der Waals surface area contributed by atoms with E-state index in [1.165, 1.54) is 13.8 Å². The molecule has 2 aliphatic heterocycles. The van der Waals surface area contributed by atoms with E-state index < -0.39 is 11.7 Å². The van der Waals surface area contributed by atoms with Gasteiger partial charge < -0.3 is 29.5 Å². The van der Waals surface area contributed by atoms with Crippen LogP contribution in [0, 0.1) is 5.92 Å². The molecule has 7 nitrogen and oxygen atoms in total. The molecule has 0 aliphatic carbocycles. The monoisotopic (exact) mass is 335 g/mol. The van der Waals surface area contributed by atoms with E-state index in [9.17, 15) is 15.3 Å². The van der Waals surface area contributed by atoms with Crippen molar-refractivity contribution in [1.82, 2.24) is 0 Å². The lowest BCUT2D eigenvalue weighted by Crippen LogP contribution is -2.40. The van der Waals surface area contributed by atoms with Crippen LogP contribution in [0.2, 0.25) is 0 Å². The van der Waals surface area contributed by atoms with Crippen LogP contribution in [-0.2, 0) is 9.47 Å². The van der Waals surface area contributed by atoms with Crippen LogP contribution < -0.4 is 4.74 Å². The second-order valence-corrected chi connectivity index (χ2v) is 6.41. The molecule has 1 aromatic rings. The SMILES string of the molecule is COC1c2ccc(OCC(O)C(C)(C)O)c(O)c2N=C2OC=CC21. The number of aliphatic imine (C=N–C) groups is 1. The molecule has 3 N–H and O–H groups in total. The van der Waals surface area contributed by atoms with E-state index in [0.29, 0.717) is 11.6 Å². The van der Waals surface area contributed by atoms with Gasteiger partial charge in [-0.25, -0.2) is 4.99 Å². The first-order valence-electron chi connectivity index (χ1n) is 7.66. The molecule has 0 saturated carbocycles. The van der Waals surface area contributed by atoms with Crippen LogP contribution in [0.15, 0.2) is 29.5 Å². The van der Waals surface area contributed by atoms with Crippen molar-refractivity contribution in [3.05, 3.63) is 30.0 Å². The lowest BCUT2D eigenvalue weighted by molar-refractivity contribution is -0.0664. The minimum atomic E-state index is -1.30. The van der Waals surface area contributed by atoms with Gasteiger partial charge in [-0.05, 0) is 26.0 Å². The maximum absolute atomic E-state index is 10.5. The molecule has 0 saturated heterocycles. The number of nitrogens with zero attached hydrogens (tertiary/aromatic N) is 1. The van der Waals surface area contributed by atoms with Crippen LogP contribution in [0.1, 0.15) is 25.5 Å². The zero-order chi connectivity index (χ0) is 17.5. The first kappa shape index (κ1) is 16.8. The summed E-state index contributed by atoms with van der Waals surface area (Å²) in [6.07, 6.45) is 2.00. The summed E-state index contributed by atoms with van der Waals surface area (Å²) in [5.74, 6) is 0.351. The third-order valence-corrected chi connectivity index (χ3v) is 4.23. The van der Waals surface area contributed by atoms with E-state index >= 15 is 0 Å². The molecule has 1 aromatic carbocycles. The smallest absolute Gasteiger partial charge is 0.204 e. The van der Waals surface area contributed by atoms with Crippen LogP contribution >= 0.6 is 0 Å². The van der Waals surface area contributed by atoms with Gasteiger partial charge in [-0.1, -0.05) is 6.07 Å². The van der Waals surface area contributed by atoms with Gasteiger partial charge in [0.2, 0.25) is 5.90 Å². The second kappa shape index (κ2) is 6.08. The van der Waals surface area contributed by atoms with Gasteiger partial charge in [-0.3, -0.25) is 0 Å². The number of ether oxygens (including phenoxy) is 3. The van der Waals surface area contributed by atoms with E-state index in [1.54, 1.807) is 25.5 Å². The molecule has 24 heavy (non-hydrogen) atoms. The van der Waals surface area contributed by atoms with E-state index in [0.717, 1.165) is 5.56 Å². The van der Waals surface area contributed by atoms with E-state index in [-0.39, 0.29) is 30.1 Å². The fraction of sp³-hybridized carbons (Fsp3) is 0.471. The van der Waals surface area contributed by atoms with Crippen molar-refractivity contribution in [2.75, 3.05) is 13.7 Å². The third-order valence-electron chi connectivity index (χ3n) is 4.23. The van der Waals surface area contributed by atoms with Crippen molar-refractivity contribution in [2.45, 2.75) is 31.7 Å². The topological polar surface area (TPSA) is 101 Å². The molecular formula is C17H21NO6. The second-order valence-electron chi connectivity index (χ2n) is 6.41. The summed E-state index contributed by atoms with van der Waals surface area (Å²) in [6.45, 7) is 2.79. The van der Waals surface area contributed by atoms with E-state index in [4.69, 9.17) is 14.2 Å². The number of methoxy groups -OCH3 is 1. The zero-order valence-electron chi connectivity index (χ0n) is 13.8. The summed E-state index contributed by atoms with van der Waals surface area (Å²) in [7, 11) is 1.59. The van der Waals surface area contributed by atoms with Crippen molar-refractivity contribution >= 4 is 11.6 Å². The summed E-state index contributed by atoms with van der Waals surface area (Å²) in [6, 6.07) is 3.36. The number of aromatic hydroxyl groups is 1. The zero-order valence-corrected chi connectivity index (χ0v) is 13.8. The standard InChI is InChI=1S/C17H21NO6/c1-17(2,21)12(19)8-24-11-5-4-9-13(14(11)20)18-16-10(6-7-23-16)15(9)22-3/h4-7,10,12,15,19-21H,8H2,1-3H3. The average molecular weight is 335 g/mol. The lowest BCUT2D eigenvalue weighted by atomic mass is 9.91. The number of aliphatic hydroxyl groups is 2. The maximum atomic E-state index is 10.5. The van der Waals surface area contributed by atoms with Crippen LogP contribution in [0.25, 0.3) is 0 Å².